The number of anilines is 2. The summed E-state index contributed by atoms with van der Waals surface area (Å²) >= 11 is 0. The quantitative estimate of drug-likeness (QED) is 0.712. The second kappa shape index (κ2) is 10.2. The monoisotopic (exact) mass is 369 g/mol. The minimum Gasteiger partial charge on any atom is -0.492 e. The van der Waals surface area contributed by atoms with Gasteiger partial charge in [-0.2, -0.15) is 0 Å². The van der Waals surface area contributed by atoms with Gasteiger partial charge in [-0.05, 0) is 43.2 Å². The van der Waals surface area contributed by atoms with E-state index in [9.17, 15) is 9.59 Å². The highest BCUT2D eigenvalue weighted by Crippen LogP contribution is 2.23. The smallest absolute Gasteiger partial charge is 0.243 e. The van der Waals surface area contributed by atoms with Crippen LogP contribution in [0.15, 0.2) is 48.5 Å². The van der Waals surface area contributed by atoms with Crippen LogP contribution >= 0.6 is 0 Å². The van der Waals surface area contributed by atoms with E-state index >= 15 is 0 Å². The van der Waals surface area contributed by atoms with Crippen molar-refractivity contribution in [3.63, 3.8) is 0 Å². The number of ether oxygens (including phenoxy) is 1. The zero-order valence-electron chi connectivity index (χ0n) is 16.1. The standard InChI is InChI=1S/C21H27N3O3/c1-4-27-19-11-6-5-10-18(19)22-15-20(25)23-17-9-7-8-16(14-17)12-13-21(26)24(2)3/h5-11,14,22H,4,12-13,15H2,1-3H3,(H,23,25). The van der Waals surface area contributed by atoms with Crippen LogP contribution < -0.4 is 15.4 Å². The molecule has 2 amide bonds. The summed E-state index contributed by atoms with van der Waals surface area (Å²) in [5, 5.41) is 5.97. The van der Waals surface area contributed by atoms with Crippen LogP contribution in [0.2, 0.25) is 0 Å². The van der Waals surface area contributed by atoms with Gasteiger partial charge in [-0.1, -0.05) is 24.3 Å². The molecular formula is C21H27N3O3. The van der Waals surface area contributed by atoms with E-state index in [2.05, 4.69) is 10.6 Å². The van der Waals surface area contributed by atoms with E-state index in [0.29, 0.717) is 19.4 Å². The molecule has 0 atom stereocenters. The third-order valence-electron chi connectivity index (χ3n) is 3.96. The lowest BCUT2D eigenvalue weighted by Gasteiger charge is -2.13. The van der Waals surface area contributed by atoms with Crippen LogP contribution in [0.5, 0.6) is 5.75 Å². The molecule has 0 saturated carbocycles. The first kappa shape index (κ1) is 20.3. The third kappa shape index (κ3) is 6.66. The van der Waals surface area contributed by atoms with Crippen molar-refractivity contribution in [1.82, 2.24) is 4.90 Å². The summed E-state index contributed by atoms with van der Waals surface area (Å²) in [5.41, 5.74) is 2.51. The van der Waals surface area contributed by atoms with Crippen LogP contribution in [0.25, 0.3) is 0 Å². The zero-order valence-corrected chi connectivity index (χ0v) is 16.1. The Morgan fingerprint density at radius 1 is 1.07 bits per heavy atom. The first-order valence-electron chi connectivity index (χ1n) is 9.04. The predicted molar refractivity (Wildman–Crippen MR) is 108 cm³/mol. The predicted octanol–water partition coefficient (Wildman–Crippen LogP) is 3.16. The Balaban J connectivity index is 1.89. The van der Waals surface area contributed by atoms with E-state index in [1.807, 2.05) is 55.5 Å². The number of rotatable bonds is 9. The summed E-state index contributed by atoms with van der Waals surface area (Å²) in [6.45, 7) is 2.62. The molecule has 0 bridgehead atoms. The number of amides is 2. The van der Waals surface area contributed by atoms with Gasteiger partial charge in [0.2, 0.25) is 11.8 Å². The van der Waals surface area contributed by atoms with E-state index in [-0.39, 0.29) is 18.4 Å². The van der Waals surface area contributed by atoms with Crippen LogP contribution in [0, 0.1) is 0 Å². The molecule has 0 aliphatic heterocycles. The number of hydrogen-bond acceptors (Lipinski definition) is 4. The van der Waals surface area contributed by atoms with Gasteiger partial charge >= 0.3 is 0 Å². The van der Waals surface area contributed by atoms with Crippen molar-refractivity contribution in [3.05, 3.63) is 54.1 Å². The van der Waals surface area contributed by atoms with Gasteiger partial charge in [0, 0.05) is 26.2 Å². The third-order valence-corrected chi connectivity index (χ3v) is 3.96. The number of hydrogen-bond donors (Lipinski definition) is 2. The number of carbonyl (C=O) groups is 2. The zero-order chi connectivity index (χ0) is 19.6. The van der Waals surface area contributed by atoms with Crippen molar-refractivity contribution in [2.24, 2.45) is 0 Å². The lowest BCUT2D eigenvalue weighted by atomic mass is 10.1. The van der Waals surface area contributed by atoms with Crippen molar-refractivity contribution in [3.8, 4) is 5.75 Å². The fraction of sp³-hybridized carbons (Fsp3) is 0.333. The lowest BCUT2D eigenvalue weighted by molar-refractivity contribution is -0.128. The summed E-state index contributed by atoms with van der Waals surface area (Å²) < 4.78 is 5.54. The summed E-state index contributed by atoms with van der Waals surface area (Å²) in [6, 6.07) is 15.1. The Morgan fingerprint density at radius 3 is 2.59 bits per heavy atom. The fourth-order valence-electron chi connectivity index (χ4n) is 2.55. The molecule has 0 heterocycles. The Morgan fingerprint density at radius 2 is 1.85 bits per heavy atom. The maximum Gasteiger partial charge on any atom is 0.243 e. The Labute approximate surface area is 160 Å². The molecule has 0 aromatic heterocycles. The largest absolute Gasteiger partial charge is 0.492 e. The topological polar surface area (TPSA) is 70.7 Å². The molecule has 0 spiro atoms. The van der Waals surface area contributed by atoms with E-state index in [4.69, 9.17) is 4.74 Å². The first-order chi connectivity index (χ1) is 13.0. The molecule has 0 fully saturated rings. The minimum atomic E-state index is -0.150. The van der Waals surface area contributed by atoms with Crippen molar-refractivity contribution in [2.75, 3.05) is 37.9 Å². The molecule has 0 radical (unpaired) electrons. The van der Waals surface area contributed by atoms with Crippen LogP contribution in [0.4, 0.5) is 11.4 Å². The summed E-state index contributed by atoms with van der Waals surface area (Å²) in [4.78, 5) is 25.5. The van der Waals surface area contributed by atoms with Crippen molar-refractivity contribution >= 4 is 23.2 Å². The molecule has 2 aromatic carbocycles. The fourth-order valence-corrected chi connectivity index (χ4v) is 2.55. The molecule has 6 heteroatoms. The molecule has 2 rings (SSSR count). The summed E-state index contributed by atoms with van der Waals surface area (Å²) in [6.07, 6.45) is 1.08. The number of benzene rings is 2. The molecule has 6 nitrogen and oxygen atoms in total. The van der Waals surface area contributed by atoms with Gasteiger partial charge in [-0.3, -0.25) is 9.59 Å². The average Bonchev–Trinajstić information content (AvgIpc) is 2.66. The maximum absolute atomic E-state index is 12.2. The Bertz CT molecular complexity index is 775. The van der Waals surface area contributed by atoms with Gasteiger partial charge in [0.1, 0.15) is 5.75 Å². The number of nitrogens with one attached hydrogen (secondary N) is 2. The SMILES string of the molecule is CCOc1ccccc1NCC(=O)Nc1cccc(CCC(=O)N(C)C)c1. The molecular weight excluding hydrogens is 342 g/mol. The van der Waals surface area contributed by atoms with E-state index in [1.54, 1.807) is 19.0 Å². The Hall–Kier alpha value is -3.02. The van der Waals surface area contributed by atoms with Crippen LogP contribution in [-0.4, -0.2) is 44.0 Å². The van der Waals surface area contributed by atoms with Gasteiger partial charge in [0.15, 0.2) is 0 Å². The van der Waals surface area contributed by atoms with E-state index < -0.39 is 0 Å². The second-order valence-electron chi connectivity index (χ2n) is 6.32. The highest BCUT2D eigenvalue weighted by atomic mass is 16.5. The van der Waals surface area contributed by atoms with Crippen LogP contribution in [-0.2, 0) is 16.0 Å². The Kier molecular flexibility index (Phi) is 7.67. The second-order valence-corrected chi connectivity index (χ2v) is 6.32. The number of nitrogens with zero attached hydrogens (tertiary/aromatic N) is 1. The molecule has 0 unspecified atom stereocenters. The normalized spacial score (nSPS) is 10.2. The highest BCUT2D eigenvalue weighted by molar-refractivity contribution is 5.94. The molecule has 0 aliphatic rings. The molecule has 2 aromatic rings. The number of aryl methyl sites for hydroxylation is 1. The first-order valence-corrected chi connectivity index (χ1v) is 9.04. The van der Waals surface area contributed by atoms with Gasteiger partial charge in [0.25, 0.3) is 0 Å². The highest BCUT2D eigenvalue weighted by Gasteiger charge is 2.08. The minimum absolute atomic E-state index is 0.0848. The van der Waals surface area contributed by atoms with Crippen molar-refractivity contribution < 1.29 is 14.3 Å². The molecule has 0 aliphatic carbocycles. The van der Waals surface area contributed by atoms with Gasteiger partial charge in [0.05, 0.1) is 18.8 Å². The molecule has 2 N–H and O–H groups in total. The van der Waals surface area contributed by atoms with Gasteiger partial charge in [-0.25, -0.2) is 0 Å². The maximum atomic E-state index is 12.2. The molecule has 144 valence electrons. The van der Waals surface area contributed by atoms with Crippen molar-refractivity contribution in [2.45, 2.75) is 19.8 Å². The van der Waals surface area contributed by atoms with E-state index in [1.165, 1.54) is 0 Å². The van der Waals surface area contributed by atoms with Gasteiger partial charge < -0.3 is 20.3 Å². The lowest BCUT2D eigenvalue weighted by Crippen LogP contribution is -2.22. The molecule has 27 heavy (non-hydrogen) atoms. The van der Waals surface area contributed by atoms with E-state index in [0.717, 1.165) is 22.7 Å². The van der Waals surface area contributed by atoms with Crippen LogP contribution in [0.3, 0.4) is 0 Å². The van der Waals surface area contributed by atoms with Crippen LogP contribution in [0.1, 0.15) is 18.9 Å². The van der Waals surface area contributed by atoms with Gasteiger partial charge in [-0.15, -0.1) is 0 Å². The molecule has 0 saturated heterocycles. The average molecular weight is 369 g/mol. The number of para-hydroxylation sites is 2. The number of carbonyl (C=O) groups excluding carboxylic acids is 2. The summed E-state index contributed by atoms with van der Waals surface area (Å²) in [5.74, 6) is 0.657. The van der Waals surface area contributed by atoms with Crippen molar-refractivity contribution in [1.29, 1.82) is 0 Å². The summed E-state index contributed by atoms with van der Waals surface area (Å²) in [7, 11) is 3.49.